The molecule has 1 aliphatic heterocycles. The standard InChI is InChI=1S/C16H32O2.C12H24O11/c1-2-3-4-5-6-7-8-9-10-11-12-13-14-15-16(17)18;13-1-4(16)7(18)11(5(17)2-14)23-12-10(21)9(20)8(19)6(3-15)22-12/h2-15H2,1H3,(H,17,18);4-21H,1-3H2/t;4-,5+,6+,7+,8-,9-,10+,11+,12-/m.0/s1. The van der Waals surface area contributed by atoms with Crippen LogP contribution in [-0.2, 0) is 14.3 Å². The van der Waals surface area contributed by atoms with E-state index in [4.69, 9.17) is 29.9 Å². The van der Waals surface area contributed by atoms with Gasteiger partial charge >= 0.3 is 5.97 Å². The van der Waals surface area contributed by atoms with Crippen LogP contribution in [0.3, 0.4) is 0 Å². The van der Waals surface area contributed by atoms with Gasteiger partial charge in [-0.2, -0.15) is 0 Å². The maximum Gasteiger partial charge on any atom is 0.303 e. The molecule has 0 radical (unpaired) electrons. The molecule has 10 N–H and O–H groups in total. The molecule has 1 rings (SSSR count). The minimum Gasteiger partial charge on any atom is -0.481 e. The molecular weight excluding hydrogens is 544 g/mol. The van der Waals surface area contributed by atoms with Crippen molar-refractivity contribution in [1.82, 2.24) is 0 Å². The fourth-order valence-electron chi connectivity index (χ4n) is 4.46. The van der Waals surface area contributed by atoms with Gasteiger partial charge in [-0.05, 0) is 6.42 Å². The lowest BCUT2D eigenvalue weighted by Crippen LogP contribution is -2.61. The van der Waals surface area contributed by atoms with Crippen LogP contribution in [0.15, 0.2) is 0 Å². The molecular formula is C28H56O13. The average molecular weight is 601 g/mol. The number of aliphatic carboxylic acids is 1. The highest BCUT2D eigenvalue weighted by atomic mass is 16.7. The zero-order valence-electron chi connectivity index (χ0n) is 24.4. The Hall–Kier alpha value is -0.970. The molecule has 0 aliphatic carbocycles. The number of aliphatic hydroxyl groups is 9. The topological polar surface area (TPSA) is 238 Å². The Kier molecular flexibility index (Phi) is 23.9. The number of ether oxygens (including phenoxy) is 2. The van der Waals surface area contributed by atoms with Crippen LogP contribution in [0, 0.1) is 0 Å². The van der Waals surface area contributed by atoms with Crippen molar-refractivity contribution in [2.24, 2.45) is 0 Å². The van der Waals surface area contributed by atoms with Crippen molar-refractivity contribution in [3.63, 3.8) is 0 Å². The van der Waals surface area contributed by atoms with E-state index in [2.05, 4.69) is 6.92 Å². The van der Waals surface area contributed by atoms with Gasteiger partial charge in [-0.3, -0.25) is 4.79 Å². The highest BCUT2D eigenvalue weighted by molar-refractivity contribution is 5.66. The molecule has 246 valence electrons. The van der Waals surface area contributed by atoms with E-state index < -0.39 is 80.9 Å². The number of carboxylic acid groups (broad SMARTS) is 1. The highest BCUT2D eigenvalue weighted by Gasteiger charge is 2.46. The predicted molar refractivity (Wildman–Crippen MR) is 149 cm³/mol. The number of carbonyl (C=O) groups is 1. The van der Waals surface area contributed by atoms with Gasteiger partial charge in [0.05, 0.1) is 19.8 Å². The van der Waals surface area contributed by atoms with E-state index in [0.29, 0.717) is 6.42 Å². The number of hydrogen-bond donors (Lipinski definition) is 10. The summed E-state index contributed by atoms with van der Waals surface area (Å²) < 4.78 is 10.1. The molecule has 1 saturated heterocycles. The molecule has 0 aromatic rings. The SMILES string of the molecule is CCCCCCCCCCCCCCCC(=O)O.OC[C@@H](O)[C@@H](O[C@@H]1O[C@H](CO)[C@H](O)[C@H](O)[C@H]1O)[C@H](O)[C@@H](O)CO. The Labute approximate surface area is 243 Å². The first-order chi connectivity index (χ1) is 19.5. The Balaban J connectivity index is 0.000000807. The Bertz CT molecular complexity index is 624. The molecule has 0 aromatic carbocycles. The maximum atomic E-state index is 10.3. The molecule has 0 aromatic heterocycles. The minimum atomic E-state index is -1.85. The predicted octanol–water partition coefficient (Wildman–Crippen LogP) is -0.209. The largest absolute Gasteiger partial charge is 0.481 e. The summed E-state index contributed by atoms with van der Waals surface area (Å²) in [5.41, 5.74) is 0. The van der Waals surface area contributed by atoms with Crippen molar-refractivity contribution in [3.05, 3.63) is 0 Å². The van der Waals surface area contributed by atoms with Crippen LogP contribution in [0.4, 0.5) is 0 Å². The third-order valence-electron chi connectivity index (χ3n) is 7.12. The second-order valence-electron chi connectivity index (χ2n) is 10.7. The number of unbranched alkanes of at least 4 members (excludes halogenated alkanes) is 12. The third-order valence-corrected chi connectivity index (χ3v) is 7.12. The van der Waals surface area contributed by atoms with Crippen molar-refractivity contribution in [2.75, 3.05) is 19.8 Å². The summed E-state index contributed by atoms with van der Waals surface area (Å²) in [6.45, 7) is -0.193. The van der Waals surface area contributed by atoms with Gasteiger partial charge in [-0.1, -0.05) is 84.0 Å². The lowest BCUT2D eigenvalue weighted by atomic mass is 9.98. The summed E-state index contributed by atoms with van der Waals surface area (Å²) in [7, 11) is 0. The van der Waals surface area contributed by atoms with E-state index in [1.807, 2.05) is 0 Å². The quantitative estimate of drug-likeness (QED) is 0.0725. The molecule has 0 unspecified atom stereocenters. The van der Waals surface area contributed by atoms with Crippen molar-refractivity contribution in [2.45, 2.75) is 152 Å². The first-order valence-corrected chi connectivity index (χ1v) is 15.0. The summed E-state index contributed by atoms with van der Waals surface area (Å²) in [6.07, 6.45) is 2.19. The summed E-state index contributed by atoms with van der Waals surface area (Å²) in [4.78, 5) is 10.3. The fraction of sp³-hybridized carbons (Fsp3) is 0.964. The van der Waals surface area contributed by atoms with Gasteiger partial charge in [0.1, 0.15) is 48.8 Å². The van der Waals surface area contributed by atoms with Gasteiger partial charge in [0.2, 0.25) is 0 Å². The molecule has 0 saturated carbocycles. The molecule has 0 amide bonds. The van der Waals surface area contributed by atoms with Crippen molar-refractivity contribution >= 4 is 5.97 Å². The molecule has 0 spiro atoms. The van der Waals surface area contributed by atoms with Gasteiger partial charge in [-0.25, -0.2) is 0 Å². The number of carboxylic acids is 1. The summed E-state index contributed by atoms with van der Waals surface area (Å²) in [6, 6.07) is 0. The van der Waals surface area contributed by atoms with Crippen molar-refractivity contribution in [1.29, 1.82) is 0 Å². The van der Waals surface area contributed by atoms with Gasteiger partial charge < -0.3 is 60.5 Å². The molecule has 13 nitrogen and oxygen atoms in total. The van der Waals surface area contributed by atoms with Gasteiger partial charge in [0.25, 0.3) is 0 Å². The molecule has 9 atom stereocenters. The molecule has 1 aliphatic rings. The lowest BCUT2D eigenvalue weighted by Gasteiger charge is -2.42. The molecule has 1 fully saturated rings. The van der Waals surface area contributed by atoms with E-state index in [1.54, 1.807) is 0 Å². The van der Waals surface area contributed by atoms with Crippen LogP contribution in [0.25, 0.3) is 0 Å². The zero-order valence-corrected chi connectivity index (χ0v) is 24.4. The Morgan fingerprint density at radius 2 is 1.17 bits per heavy atom. The average Bonchev–Trinajstić information content (AvgIpc) is 2.97. The van der Waals surface area contributed by atoms with E-state index >= 15 is 0 Å². The smallest absolute Gasteiger partial charge is 0.303 e. The fourth-order valence-corrected chi connectivity index (χ4v) is 4.46. The van der Waals surface area contributed by atoms with Crippen LogP contribution in [0.2, 0.25) is 0 Å². The second kappa shape index (κ2) is 24.5. The zero-order chi connectivity index (χ0) is 31.2. The molecule has 41 heavy (non-hydrogen) atoms. The van der Waals surface area contributed by atoms with Crippen LogP contribution in [0.1, 0.15) is 96.8 Å². The Morgan fingerprint density at radius 1 is 0.707 bits per heavy atom. The number of hydrogen-bond acceptors (Lipinski definition) is 12. The van der Waals surface area contributed by atoms with Crippen LogP contribution in [-0.4, -0.2) is 132 Å². The van der Waals surface area contributed by atoms with Crippen LogP contribution in [0.5, 0.6) is 0 Å². The lowest BCUT2D eigenvalue weighted by molar-refractivity contribution is -0.327. The van der Waals surface area contributed by atoms with Gasteiger partial charge in [-0.15, -0.1) is 0 Å². The minimum absolute atomic E-state index is 0.345. The molecule has 0 bridgehead atoms. The molecule has 1 heterocycles. The monoisotopic (exact) mass is 600 g/mol. The summed E-state index contributed by atoms with van der Waals surface area (Å²) in [5.74, 6) is -0.655. The highest BCUT2D eigenvalue weighted by Crippen LogP contribution is 2.25. The van der Waals surface area contributed by atoms with Gasteiger partial charge in [0, 0.05) is 6.42 Å². The van der Waals surface area contributed by atoms with E-state index in [-0.39, 0.29) is 0 Å². The van der Waals surface area contributed by atoms with E-state index in [9.17, 15) is 35.4 Å². The Morgan fingerprint density at radius 3 is 1.59 bits per heavy atom. The van der Waals surface area contributed by atoms with Crippen LogP contribution >= 0.6 is 0 Å². The van der Waals surface area contributed by atoms with Crippen molar-refractivity contribution in [3.8, 4) is 0 Å². The van der Waals surface area contributed by atoms with E-state index in [0.717, 1.165) is 12.8 Å². The van der Waals surface area contributed by atoms with E-state index in [1.165, 1.54) is 70.6 Å². The second-order valence-corrected chi connectivity index (χ2v) is 10.7. The first-order valence-electron chi connectivity index (χ1n) is 15.0. The normalized spacial score (nSPS) is 25.6. The van der Waals surface area contributed by atoms with Crippen LogP contribution < -0.4 is 0 Å². The van der Waals surface area contributed by atoms with Crippen molar-refractivity contribution < 1.29 is 65.3 Å². The maximum absolute atomic E-state index is 10.3. The van der Waals surface area contributed by atoms with Gasteiger partial charge in [0.15, 0.2) is 6.29 Å². The number of rotatable bonds is 22. The first kappa shape index (κ1) is 40.0. The summed E-state index contributed by atoms with van der Waals surface area (Å²) in [5, 5.41) is 93.4. The third kappa shape index (κ3) is 17.0. The number of aliphatic hydroxyl groups excluding tert-OH is 9. The molecule has 13 heteroatoms. The summed E-state index contributed by atoms with van der Waals surface area (Å²) >= 11 is 0.